The molecule has 0 bridgehead atoms. The SMILES string of the molecule is CNC(C)c1ccc(N(C)Cc2ccoc2)cc1Br. The highest BCUT2D eigenvalue weighted by molar-refractivity contribution is 9.10. The van der Waals surface area contributed by atoms with Crippen molar-refractivity contribution in [3.8, 4) is 0 Å². The lowest BCUT2D eigenvalue weighted by molar-refractivity contribution is 0.563. The normalized spacial score (nSPS) is 12.4. The van der Waals surface area contributed by atoms with E-state index >= 15 is 0 Å². The Bertz CT molecular complexity index is 525. The summed E-state index contributed by atoms with van der Waals surface area (Å²) in [4.78, 5) is 2.20. The Balaban J connectivity index is 2.15. The largest absolute Gasteiger partial charge is 0.472 e. The van der Waals surface area contributed by atoms with Crippen molar-refractivity contribution in [2.24, 2.45) is 0 Å². The van der Waals surface area contributed by atoms with E-state index in [0.29, 0.717) is 6.04 Å². The van der Waals surface area contributed by atoms with Crippen LogP contribution < -0.4 is 10.2 Å². The second-order valence-corrected chi connectivity index (χ2v) is 5.56. The molecule has 1 heterocycles. The first-order valence-electron chi connectivity index (χ1n) is 6.30. The molecule has 1 N–H and O–H groups in total. The van der Waals surface area contributed by atoms with Crippen LogP contribution in [0.25, 0.3) is 0 Å². The number of halogens is 1. The molecule has 1 aromatic heterocycles. The van der Waals surface area contributed by atoms with Gasteiger partial charge in [-0.25, -0.2) is 0 Å². The Hall–Kier alpha value is -1.26. The van der Waals surface area contributed by atoms with Crippen molar-refractivity contribution in [3.05, 3.63) is 52.4 Å². The minimum absolute atomic E-state index is 0.336. The molecule has 0 aliphatic rings. The first-order valence-corrected chi connectivity index (χ1v) is 7.10. The molecule has 0 saturated heterocycles. The van der Waals surface area contributed by atoms with Crippen molar-refractivity contribution in [3.63, 3.8) is 0 Å². The summed E-state index contributed by atoms with van der Waals surface area (Å²) in [7, 11) is 4.05. The minimum Gasteiger partial charge on any atom is -0.472 e. The molecule has 0 amide bonds. The molecule has 1 aromatic carbocycles. The fourth-order valence-electron chi connectivity index (χ4n) is 2.01. The summed E-state index contributed by atoms with van der Waals surface area (Å²) in [6.07, 6.45) is 3.49. The lowest BCUT2D eigenvalue weighted by Crippen LogP contribution is -2.17. The summed E-state index contributed by atoms with van der Waals surface area (Å²) in [6.45, 7) is 2.98. The molecule has 102 valence electrons. The predicted molar refractivity (Wildman–Crippen MR) is 82.4 cm³/mol. The lowest BCUT2D eigenvalue weighted by Gasteiger charge is -2.21. The van der Waals surface area contributed by atoms with Gasteiger partial charge in [-0.1, -0.05) is 22.0 Å². The van der Waals surface area contributed by atoms with Crippen LogP contribution in [0.2, 0.25) is 0 Å². The van der Waals surface area contributed by atoms with E-state index in [1.54, 1.807) is 12.5 Å². The van der Waals surface area contributed by atoms with E-state index in [1.807, 2.05) is 13.1 Å². The molecule has 1 unspecified atom stereocenters. The average Bonchev–Trinajstić information content (AvgIpc) is 2.90. The monoisotopic (exact) mass is 322 g/mol. The van der Waals surface area contributed by atoms with Gasteiger partial charge in [-0.15, -0.1) is 0 Å². The molecule has 0 spiro atoms. The fourth-order valence-corrected chi connectivity index (χ4v) is 2.72. The number of benzene rings is 1. The van der Waals surface area contributed by atoms with E-state index in [-0.39, 0.29) is 0 Å². The summed E-state index contributed by atoms with van der Waals surface area (Å²) in [5.41, 5.74) is 3.62. The Morgan fingerprint density at radius 1 is 1.37 bits per heavy atom. The highest BCUT2D eigenvalue weighted by Gasteiger charge is 2.10. The number of rotatable bonds is 5. The molecule has 19 heavy (non-hydrogen) atoms. The average molecular weight is 323 g/mol. The molecule has 0 aliphatic carbocycles. The van der Waals surface area contributed by atoms with Crippen LogP contribution >= 0.6 is 15.9 Å². The molecular weight excluding hydrogens is 304 g/mol. The predicted octanol–water partition coefficient (Wildman–Crippen LogP) is 3.96. The van der Waals surface area contributed by atoms with Gasteiger partial charge in [-0.3, -0.25) is 0 Å². The van der Waals surface area contributed by atoms with Crippen molar-refractivity contribution in [2.45, 2.75) is 19.5 Å². The maximum atomic E-state index is 5.10. The van der Waals surface area contributed by atoms with E-state index < -0.39 is 0 Å². The first-order chi connectivity index (χ1) is 9.11. The molecule has 0 fully saturated rings. The smallest absolute Gasteiger partial charge is 0.0952 e. The van der Waals surface area contributed by atoms with Crippen molar-refractivity contribution >= 4 is 21.6 Å². The van der Waals surface area contributed by atoms with Crippen LogP contribution in [0, 0.1) is 0 Å². The van der Waals surface area contributed by atoms with Crippen LogP contribution in [0.3, 0.4) is 0 Å². The van der Waals surface area contributed by atoms with Crippen LogP contribution in [0.15, 0.2) is 45.7 Å². The fraction of sp³-hybridized carbons (Fsp3) is 0.333. The number of nitrogens with one attached hydrogen (secondary N) is 1. The zero-order chi connectivity index (χ0) is 13.8. The molecule has 2 aromatic rings. The van der Waals surface area contributed by atoms with Crippen LogP contribution in [-0.2, 0) is 6.54 Å². The third-order valence-electron chi connectivity index (χ3n) is 3.32. The number of hydrogen-bond acceptors (Lipinski definition) is 3. The van der Waals surface area contributed by atoms with Crippen molar-refractivity contribution < 1.29 is 4.42 Å². The Kier molecular flexibility index (Phi) is 4.66. The van der Waals surface area contributed by atoms with Gasteiger partial charge >= 0.3 is 0 Å². The summed E-state index contributed by atoms with van der Waals surface area (Å²) < 4.78 is 6.23. The van der Waals surface area contributed by atoms with Gasteiger partial charge in [0.15, 0.2) is 0 Å². The van der Waals surface area contributed by atoms with Gasteiger partial charge in [-0.05, 0) is 37.7 Å². The molecule has 1 atom stereocenters. The van der Waals surface area contributed by atoms with E-state index in [1.165, 1.54) is 16.8 Å². The van der Waals surface area contributed by atoms with Gasteiger partial charge < -0.3 is 14.6 Å². The van der Waals surface area contributed by atoms with Gasteiger partial charge in [0, 0.05) is 35.4 Å². The number of anilines is 1. The second kappa shape index (κ2) is 6.26. The zero-order valence-corrected chi connectivity index (χ0v) is 13.1. The molecule has 0 radical (unpaired) electrons. The van der Waals surface area contributed by atoms with Crippen molar-refractivity contribution in [1.29, 1.82) is 0 Å². The summed E-state index contributed by atoms with van der Waals surface area (Å²) in [5.74, 6) is 0. The molecule has 2 rings (SSSR count). The van der Waals surface area contributed by atoms with Crippen LogP contribution in [0.4, 0.5) is 5.69 Å². The highest BCUT2D eigenvalue weighted by Crippen LogP contribution is 2.28. The number of furan rings is 1. The first kappa shape index (κ1) is 14.2. The topological polar surface area (TPSA) is 28.4 Å². The standard InChI is InChI=1S/C15H19BrN2O/c1-11(17-2)14-5-4-13(8-15(14)16)18(3)9-12-6-7-19-10-12/h4-8,10-11,17H,9H2,1-3H3. The Labute approximate surface area is 122 Å². The van der Waals surface area contributed by atoms with Gasteiger partial charge in [0.05, 0.1) is 12.5 Å². The number of nitrogens with zero attached hydrogens (tertiary/aromatic N) is 1. The minimum atomic E-state index is 0.336. The second-order valence-electron chi connectivity index (χ2n) is 4.70. The Morgan fingerprint density at radius 2 is 2.16 bits per heavy atom. The van der Waals surface area contributed by atoms with Gasteiger partial charge in [-0.2, -0.15) is 0 Å². The van der Waals surface area contributed by atoms with Crippen LogP contribution in [0.1, 0.15) is 24.1 Å². The van der Waals surface area contributed by atoms with E-state index in [9.17, 15) is 0 Å². The van der Waals surface area contributed by atoms with E-state index in [2.05, 4.69) is 58.3 Å². The zero-order valence-electron chi connectivity index (χ0n) is 11.5. The molecule has 3 nitrogen and oxygen atoms in total. The molecular formula is C15H19BrN2O. The van der Waals surface area contributed by atoms with Crippen LogP contribution in [0.5, 0.6) is 0 Å². The third kappa shape index (κ3) is 3.39. The van der Waals surface area contributed by atoms with Crippen molar-refractivity contribution in [2.75, 3.05) is 19.0 Å². The maximum Gasteiger partial charge on any atom is 0.0952 e. The molecule has 4 heteroatoms. The van der Waals surface area contributed by atoms with Crippen molar-refractivity contribution in [1.82, 2.24) is 5.32 Å². The third-order valence-corrected chi connectivity index (χ3v) is 4.01. The highest BCUT2D eigenvalue weighted by atomic mass is 79.9. The van der Waals surface area contributed by atoms with Gasteiger partial charge in [0.2, 0.25) is 0 Å². The summed E-state index contributed by atoms with van der Waals surface area (Å²) in [6, 6.07) is 8.79. The van der Waals surface area contributed by atoms with E-state index in [4.69, 9.17) is 4.42 Å². The number of hydrogen-bond donors (Lipinski definition) is 1. The van der Waals surface area contributed by atoms with Gasteiger partial charge in [0.1, 0.15) is 0 Å². The lowest BCUT2D eigenvalue weighted by atomic mass is 10.1. The quantitative estimate of drug-likeness (QED) is 0.903. The molecule has 0 saturated carbocycles. The Morgan fingerprint density at radius 3 is 2.74 bits per heavy atom. The van der Waals surface area contributed by atoms with Crippen LogP contribution in [-0.4, -0.2) is 14.1 Å². The van der Waals surface area contributed by atoms with Gasteiger partial charge in [0.25, 0.3) is 0 Å². The summed E-state index contributed by atoms with van der Waals surface area (Å²) >= 11 is 3.65. The molecule has 0 aliphatic heterocycles. The summed E-state index contributed by atoms with van der Waals surface area (Å²) in [5, 5.41) is 3.25. The van der Waals surface area contributed by atoms with E-state index in [0.717, 1.165) is 11.0 Å². The maximum absolute atomic E-state index is 5.10.